The molecule has 0 bridgehead atoms. The van der Waals surface area contributed by atoms with Crippen LogP contribution in [0.1, 0.15) is 0 Å². The largest absolute Gasteiger partial charge is 0.438 e. The first-order valence-electron chi connectivity index (χ1n) is 1.60. The summed E-state index contributed by atoms with van der Waals surface area (Å²) in [6.07, 6.45) is 1.44. The summed E-state index contributed by atoms with van der Waals surface area (Å²) in [5, 5.41) is -0.398. The summed E-state index contributed by atoms with van der Waals surface area (Å²) in [7, 11) is 0. The number of hydrogen-bond donors (Lipinski definition) is 0. The van der Waals surface area contributed by atoms with Gasteiger partial charge in [-0.3, -0.25) is 0 Å². The van der Waals surface area contributed by atoms with E-state index in [2.05, 4.69) is 27.2 Å². The molecule has 0 rings (SSSR count). The zero-order valence-electron chi connectivity index (χ0n) is 3.56. The van der Waals surface area contributed by atoms with Crippen molar-refractivity contribution in [1.29, 1.82) is 0 Å². The first kappa shape index (κ1) is 6.69. The van der Waals surface area contributed by atoms with Gasteiger partial charge in [-0.2, -0.15) is 0 Å². The Morgan fingerprint density at radius 3 is 2.71 bits per heavy atom. The Kier molecular flexibility index (Phi) is 3.69. The highest BCUT2D eigenvalue weighted by molar-refractivity contribution is 9.09. The number of halogens is 1. The van der Waals surface area contributed by atoms with Crippen molar-refractivity contribution < 1.29 is 9.53 Å². The lowest BCUT2D eigenvalue weighted by Crippen LogP contribution is -1.95. The van der Waals surface area contributed by atoms with Crippen LogP contribution in [0.25, 0.3) is 0 Å². The molecule has 0 amide bonds. The Morgan fingerprint density at radius 1 is 2.00 bits per heavy atom. The van der Waals surface area contributed by atoms with Crippen LogP contribution in [0.3, 0.4) is 0 Å². The molecule has 0 aliphatic heterocycles. The van der Waals surface area contributed by atoms with Gasteiger partial charge in [0.25, 0.3) is 0 Å². The molecule has 0 aliphatic rings. The van der Waals surface area contributed by atoms with Crippen LogP contribution in [0.2, 0.25) is 0 Å². The summed E-state index contributed by atoms with van der Waals surface area (Å²) < 4.78 is 4.18. The second-order valence-corrected chi connectivity index (χ2v) is 1.69. The van der Waals surface area contributed by atoms with Crippen LogP contribution in [-0.4, -0.2) is 11.5 Å². The Labute approximate surface area is 50.3 Å². The molecule has 0 saturated carbocycles. The second kappa shape index (κ2) is 3.87. The fourth-order valence-electron chi connectivity index (χ4n) is 0.0941. The molecule has 0 saturated heterocycles. The van der Waals surface area contributed by atoms with Crippen molar-refractivity contribution in [3.63, 3.8) is 0 Å². The molecule has 2 nitrogen and oxygen atoms in total. The van der Waals surface area contributed by atoms with E-state index in [1.54, 1.807) is 0 Å². The first-order chi connectivity index (χ1) is 3.31. The Balaban J connectivity index is 3.15. The highest BCUT2D eigenvalue weighted by Gasteiger charge is 1.92. The van der Waals surface area contributed by atoms with Gasteiger partial charge in [0.1, 0.15) is 0 Å². The molecule has 1 unspecified atom stereocenters. The summed E-state index contributed by atoms with van der Waals surface area (Å²) in [4.78, 5) is 9.35. The number of ether oxygens (including phenoxy) is 1. The SMILES string of the molecule is C=CC(Br)O[C]=O. The number of alkyl halides is 1. The van der Waals surface area contributed by atoms with Gasteiger partial charge < -0.3 is 4.74 Å². The van der Waals surface area contributed by atoms with E-state index in [0.29, 0.717) is 0 Å². The van der Waals surface area contributed by atoms with Crippen LogP contribution in [0.15, 0.2) is 12.7 Å². The summed E-state index contributed by atoms with van der Waals surface area (Å²) >= 11 is 2.93. The van der Waals surface area contributed by atoms with Crippen molar-refractivity contribution in [2.75, 3.05) is 0 Å². The molecule has 0 aromatic rings. The molecule has 1 atom stereocenters. The zero-order valence-corrected chi connectivity index (χ0v) is 5.14. The topological polar surface area (TPSA) is 26.3 Å². The van der Waals surface area contributed by atoms with Gasteiger partial charge in [-0.25, -0.2) is 4.79 Å². The molecular formula is C4H4BrO2. The van der Waals surface area contributed by atoms with Crippen molar-refractivity contribution >= 4 is 22.4 Å². The maximum absolute atomic E-state index is 9.35. The van der Waals surface area contributed by atoms with E-state index < -0.39 is 5.01 Å². The molecule has 39 valence electrons. The average Bonchev–Trinajstić information content (AvgIpc) is 1.68. The van der Waals surface area contributed by atoms with Gasteiger partial charge in [0.2, 0.25) is 0 Å². The highest BCUT2D eigenvalue weighted by Crippen LogP contribution is 1.98. The summed E-state index contributed by atoms with van der Waals surface area (Å²) in [5.41, 5.74) is 0. The Hall–Kier alpha value is -0.310. The maximum Gasteiger partial charge on any atom is 0.418 e. The van der Waals surface area contributed by atoms with Crippen molar-refractivity contribution in [2.24, 2.45) is 0 Å². The van der Waals surface area contributed by atoms with Crippen molar-refractivity contribution in [3.8, 4) is 0 Å². The van der Waals surface area contributed by atoms with Gasteiger partial charge in [-0.15, -0.1) is 0 Å². The van der Waals surface area contributed by atoms with Crippen LogP contribution in [0.5, 0.6) is 0 Å². The third-order valence-corrected chi connectivity index (χ3v) is 0.907. The van der Waals surface area contributed by atoms with E-state index in [-0.39, 0.29) is 0 Å². The molecule has 3 heteroatoms. The minimum atomic E-state index is -0.398. The summed E-state index contributed by atoms with van der Waals surface area (Å²) in [5.74, 6) is 0. The van der Waals surface area contributed by atoms with Gasteiger partial charge in [0.15, 0.2) is 5.01 Å². The van der Waals surface area contributed by atoms with Crippen molar-refractivity contribution in [2.45, 2.75) is 5.01 Å². The number of carbonyl (C=O) groups excluding carboxylic acids is 1. The first-order valence-corrected chi connectivity index (χ1v) is 2.52. The van der Waals surface area contributed by atoms with Gasteiger partial charge >= 0.3 is 6.47 Å². The van der Waals surface area contributed by atoms with Crippen LogP contribution >= 0.6 is 15.9 Å². The summed E-state index contributed by atoms with van der Waals surface area (Å²) in [6, 6.07) is 0. The minimum Gasteiger partial charge on any atom is -0.438 e. The normalized spacial score (nSPS) is 12.1. The van der Waals surface area contributed by atoms with Crippen LogP contribution in [0, 0.1) is 0 Å². The zero-order chi connectivity index (χ0) is 5.70. The predicted octanol–water partition coefficient (Wildman–Crippen LogP) is 0.977. The van der Waals surface area contributed by atoms with Gasteiger partial charge in [0, 0.05) is 0 Å². The number of hydrogen-bond acceptors (Lipinski definition) is 2. The van der Waals surface area contributed by atoms with Crippen LogP contribution in [0.4, 0.5) is 0 Å². The van der Waals surface area contributed by atoms with Gasteiger partial charge in [-0.1, -0.05) is 6.58 Å². The lowest BCUT2D eigenvalue weighted by Gasteiger charge is -1.94. The van der Waals surface area contributed by atoms with E-state index in [1.807, 2.05) is 0 Å². The average molecular weight is 164 g/mol. The molecule has 0 aliphatic carbocycles. The summed E-state index contributed by atoms with van der Waals surface area (Å²) in [6.45, 7) is 4.58. The highest BCUT2D eigenvalue weighted by atomic mass is 79.9. The predicted molar refractivity (Wildman–Crippen MR) is 29.7 cm³/mol. The minimum absolute atomic E-state index is 0.398. The fourth-order valence-corrected chi connectivity index (χ4v) is 0.170. The Morgan fingerprint density at radius 2 is 2.57 bits per heavy atom. The van der Waals surface area contributed by atoms with Gasteiger partial charge in [0.05, 0.1) is 0 Å². The molecule has 7 heavy (non-hydrogen) atoms. The van der Waals surface area contributed by atoms with Gasteiger partial charge in [-0.05, 0) is 22.0 Å². The molecule has 1 radical (unpaired) electrons. The quantitative estimate of drug-likeness (QED) is 0.459. The number of rotatable bonds is 3. The molecule has 0 aromatic heterocycles. The van der Waals surface area contributed by atoms with E-state index in [0.717, 1.165) is 0 Å². The lowest BCUT2D eigenvalue weighted by molar-refractivity contribution is 0.294. The molecule has 0 N–H and O–H groups in total. The van der Waals surface area contributed by atoms with E-state index >= 15 is 0 Å². The van der Waals surface area contributed by atoms with E-state index in [9.17, 15) is 4.79 Å². The third kappa shape index (κ3) is 3.52. The molecule has 0 spiro atoms. The lowest BCUT2D eigenvalue weighted by atomic mass is 10.7. The third-order valence-electron chi connectivity index (χ3n) is 0.346. The van der Waals surface area contributed by atoms with Crippen molar-refractivity contribution in [1.82, 2.24) is 0 Å². The molecule has 0 fully saturated rings. The van der Waals surface area contributed by atoms with E-state index in [1.165, 1.54) is 12.5 Å². The molecule has 0 heterocycles. The van der Waals surface area contributed by atoms with Crippen LogP contribution in [-0.2, 0) is 9.53 Å². The van der Waals surface area contributed by atoms with Crippen molar-refractivity contribution in [3.05, 3.63) is 12.7 Å². The standard InChI is InChI=1S/C4H4BrO2/c1-2-4(5)7-3-6/h2,4H,1H2. The molecular weight excluding hydrogens is 160 g/mol. The fraction of sp³-hybridized carbons (Fsp3) is 0.250. The second-order valence-electron chi connectivity index (χ2n) is 0.788. The van der Waals surface area contributed by atoms with Crippen LogP contribution < -0.4 is 0 Å². The molecule has 0 aromatic carbocycles. The monoisotopic (exact) mass is 163 g/mol. The Bertz CT molecular complexity index is 72.1. The van der Waals surface area contributed by atoms with E-state index in [4.69, 9.17) is 0 Å². The maximum atomic E-state index is 9.35. The smallest absolute Gasteiger partial charge is 0.418 e.